The summed E-state index contributed by atoms with van der Waals surface area (Å²) >= 11 is 0. The number of aryl methyl sites for hydroxylation is 1. The third-order valence-electron chi connectivity index (χ3n) is 5.62. The van der Waals surface area contributed by atoms with Crippen LogP contribution in [-0.2, 0) is 7.05 Å². The third-order valence-corrected chi connectivity index (χ3v) is 5.62. The second-order valence-electron chi connectivity index (χ2n) is 6.86. The Kier molecular flexibility index (Phi) is 4.00. The first kappa shape index (κ1) is 13.3. The smallest absolute Gasteiger partial charge is 0.0178 e. The Labute approximate surface area is 118 Å². The lowest BCUT2D eigenvalue weighted by Gasteiger charge is -2.27. The Bertz CT molecular complexity index is 417. The van der Waals surface area contributed by atoms with Crippen molar-refractivity contribution in [2.45, 2.75) is 83.0 Å². The lowest BCUT2D eigenvalue weighted by atomic mass is 9.77. The Balaban J connectivity index is 1.91. The zero-order chi connectivity index (χ0) is 13.2. The molecule has 1 aromatic rings. The van der Waals surface area contributed by atoms with E-state index < -0.39 is 0 Å². The van der Waals surface area contributed by atoms with Crippen molar-refractivity contribution in [3.05, 3.63) is 23.0 Å². The minimum atomic E-state index is 0.866. The van der Waals surface area contributed by atoms with Crippen LogP contribution in [-0.4, -0.2) is 4.57 Å². The zero-order valence-corrected chi connectivity index (χ0v) is 12.8. The molecule has 106 valence electrons. The fraction of sp³-hybridized carbons (Fsp3) is 0.778. The second kappa shape index (κ2) is 5.73. The summed E-state index contributed by atoms with van der Waals surface area (Å²) in [5.74, 6) is 1.73. The molecule has 2 saturated carbocycles. The molecule has 0 N–H and O–H groups in total. The normalized spacial score (nSPS) is 22.8. The van der Waals surface area contributed by atoms with Crippen molar-refractivity contribution in [3.8, 4) is 0 Å². The summed E-state index contributed by atoms with van der Waals surface area (Å²) in [6, 6.07) is 0. The molecule has 1 heterocycles. The van der Waals surface area contributed by atoms with E-state index in [4.69, 9.17) is 0 Å². The Morgan fingerprint density at radius 3 is 1.95 bits per heavy atom. The number of rotatable bonds is 2. The summed E-state index contributed by atoms with van der Waals surface area (Å²) in [5, 5.41) is 0. The van der Waals surface area contributed by atoms with Gasteiger partial charge >= 0.3 is 0 Å². The van der Waals surface area contributed by atoms with Gasteiger partial charge in [-0.3, -0.25) is 0 Å². The maximum absolute atomic E-state index is 2.47. The standard InChI is InChI=1S/C18H29N/c1-14-18(16-11-7-4-8-12-16)17(13-19(14)2)15-9-5-3-6-10-15/h13,15-16H,3-12H2,1-2H3. The number of hydrogen-bond donors (Lipinski definition) is 0. The van der Waals surface area contributed by atoms with Gasteiger partial charge in [0.1, 0.15) is 0 Å². The number of hydrogen-bond acceptors (Lipinski definition) is 0. The van der Waals surface area contributed by atoms with Crippen LogP contribution in [0, 0.1) is 6.92 Å². The van der Waals surface area contributed by atoms with Crippen molar-refractivity contribution in [2.24, 2.45) is 7.05 Å². The lowest BCUT2D eigenvalue weighted by Crippen LogP contribution is -2.11. The quantitative estimate of drug-likeness (QED) is 0.667. The van der Waals surface area contributed by atoms with E-state index in [1.165, 1.54) is 64.2 Å². The maximum atomic E-state index is 2.47. The van der Waals surface area contributed by atoms with Gasteiger partial charge in [-0.25, -0.2) is 0 Å². The van der Waals surface area contributed by atoms with Crippen LogP contribution in [0.1, 0.15) is 92.9 Å². The Hall–Kier alpha value is -0.720. The van der Waals surface area contributed by atoms with Gasteiger partial charge < -0.3 is 4.57 Å². The molecule has 3 rings (SSSR count). The van der Waals surface area contributed by atoms with E-state index >= 15 is 0 Å². The van der Waals surface area contributed by atoms with Crippen LogP contribution in [0.5, 0.6) is 0 Å². The van der Waals surface area contributed by atoms with Crippen LogP contribution in [0.3, 0.4) is 0 Å². The van der Waals surface area contributed by atoms with Crippen molar-refractivity contribution in [1.29, 1.82) is 0 Å². The Morgan fingerprint density at radius 2 is 1.37 bits per heavy atom. The lowest BCUT2D eigenvalue weighted by molar-refractivity contribution is 0.419. The van der Waals surface area contributed by atoms with Crippen LogP contribution in [0.4, 0.5) is 0 Å². The molecule has 0 amide bonds. The van der Waals surface area contributed by atoms with Gasteiger partial charge in [-0.15, -0.1) is 0 Å². The fourth-order valence-electron chi connectivity index (χ4n) is 4.44. The summed E-state index contributed by atoms with van der Waals surface area (Å²) < 4.78 is 2.40. The topological polar surface area (TPSA) is 4.93 Å². The molecule has 2 fully saturated rings. The first-order valence-corrected chi connectivity index (χ1v) is 8.43. The van der Waals surface area contributed by atoms with Gasteiger partial charge in [-0.05, 0) is 55.6 Å². The average Bonchev–Trinajstić information content (AvgIpc) is 2.77. The van der Waals surface area contributed by atoms with Crippen LogP contribution >= 0.6 is 0 Å². The van der Waals surface area contributed by atoms with Gasteiger partial charge in [0.2, 0.25) is 0 Å². The van der Waals surface area contributed by atoms with E-state index in [9.17, 15) is 0 Å². The molecule has 0 unspecified atom stereocenters. The van der Waals surface area contributed by atoms with Crippen molar-refractivity contribution in [3.63, 3.8) is 0 Å². The predicted octanol–water partition coefficient (Wildman–Crippen LogP) is 5.43. The highest BCUT2D eigenvalue weighted by Crippen LogP contribution is 2.42. The molecular formula is C18H29N. The summed E-state index contributed by atoms with van der Waals surface area (Å²) in [6.07, 6.45) is 16.9. The van der Waals surface area contributed by atoms with Gasteiger partial charge in [0.15, 0.2) is 0 Å². The number of nitrogens with zero attached hydrogens (tertiary/aromatic N) is 1. The highest BCUT2D eigenvalue weighted by atomic mass is 14.9. The van der Waals surface area contributed by atoms with E-state index in [0.29, 0.717) is 0 Å². The first-order valence-electron chi connectivity index (χ1n) is 8.43. The molecule has 2 aliphatic rings. The highest BCUT2D eigenvalue weighted by Gasteiger charge is 2.27. The largest absolute Gasteiger partial charge is 0.354 e. The molecule has 0 bridgehead atoms. The van der Waals surface area contributed by atoms with Crippen LogP contribution < -0.4 is 0 Å². The van der Waals surface area contributed by atoms with Crippen LogP contribution in [0.15, 0.2) is 6.20 Å². The molecular weight excluding hydrogens is 230 g/mol. The highest BCUT2D eigenvalue weighted by molar-refractivity contribution is 5.38. The van der Waals surface area contributed by atoms with E-state index in [0.717, 1.165) is 11.8 Å². The zero-order valence-electron chi connectivity index (χ0n) is 12.8. The summed E-state index contributed by atoms with van der Waals surface area (Å²) in [6.45, 7) is 2.34. The molecule has 1 heteroatoms. The summed E-state index contributed by atoms with van der Waals surface area (Å²) in [7, 11) is 2.24. The molecule has 1 nitrogen and oxygen atoms in total. The van der Waals surface area contributed by atoms with Crippen molar-refractivity contribution in [1.82, 2.24) is 4.57 Å². The monoisotopic (exact) mass is 259 g/mol. The average molecular weight is 259 g/mol. The minimum absolute atomic E-state index is 0.866. The molecule has 19 heavy (non-hydrogen) atoms. The molecule has 0 spiro atoms. The van der Waals surface area contributed by atoms with Crippen LogP contribution in [0.2, 0.25) is 0 Å². The van der Waals surface area contributed by atoms with E-state index in [2.05, 4.69) is 24.7 Å². The predicted molar refractivity (Wildman–Crippen MR) is 81.8 cm³/mol. The fourth-order valence-corrected chi connectivity index (χ4v) is 4.44. The summed E-state index contributed by atoms with van der Waals surface area (Å²) in [4.78, 5) is 0. The summed E-state index contributed by atoms with van der Waals surface area (Å²) in [5.41, 5.74) is 5.04. The molecule has 0 aliphatic heterocycles. The molecule has 1 aromatic heterocycles. The van der Waals surface area contributed by atoms with E-state index in [-0.39, 0.29) is 0 Å². The van der Waals surface area contributed by atoms with E-state index in [1.807, 2.05) is 0 Å². The van der Waals surface area contributed by atoms with Gasteiger partial charge in [0.25, 0.3) is 0 Å². The first-order chi connectivity index (χ1) is 9.27. The van der Waals surface area contributed by atoms with E-state index in [1.54, 1.807) is 16.8 Å². The molecule has 2 aliphatic carbocycles. The Morgan fingerprint density at radius 1 is 0.842 bits per heavy atom. The third kappa shape index (κ3) is 2.61. The second-order valence-corrected chi connectivity index (χ2v) is 6.86. The van der Waals surface area contributed by atoms with Crippen molar-refractivity contribution >= 4 is 0 Å². The maximum Gasteiger partial charge on any atom is 0.0178 e. The molecule has 0 atom stereocenters. The SMILES string of the molecule is Cc1c(C2CCCCC2)c(C2CCCCC2)cn1C. The van der Waals surface area contributed by atoms with Crippen LogP contribution in [0.25, 0.3) is 0 Å². The van der Waals surface area contributed by atoms with Gasteiger partial charge in [-0.2, -0.15) is 0 Å². The minimum Gasteiger partial charge on any atom is -0.354 e. The van der Waals surface area contributed by atoms with Gasteiger partial charge in [0, 0.05) is 18.9 Å². The van der Waals surface area contributed by atoms with Gasteiger partial charge in [-0.1, -0.05) is 38.5 Å². The molecule has 0 aromatic carbocycles. The van der Waals surface area contributed by atoms with Gasteiger partial charge in [0.05, 0.1) is 0 Å². The van der Waals surface area contributed by atoms with Crippen molar-refractivity contribution < 1.29 is 0 Å². The van der Waals surface area contributed by atoms with Crippen molar-refractivity contribution in [2.75, 3.05) is 0 Å². The molecule has 0 radical (unpaired) electrons. The molecule has 0 saturated heterocycles. The number of aromatic nitrogens is 1.